The number of carbonyl (C=O) groups excluding carboxylic acids is 7. The maximum Gasteiger partial charge on any atom is 0.322 e. The summed E-state index contributed by atoms with van der Waals surface area (Å²) in [7, 11) is 0. The summed E-state index contributed by atoms with van der Waals surface area (Å²) in [6, 6.07) is 1.16. The van der Waals surface area contributed by atoms with E-state index in [9.17, 15) is 33.6 Å². The van der Waals surface area contributed by atoms with Gasteiger partial charge in [-0.15, -0.1) is 0 Å². The summed E-state index contributed by atoms with van der Waals surface area (Å²) in [5, 5.41) is 0. The van der Waals surface area contributed by atoms with Crippen LogP contribution in [0.2, 0.25) is 0 Å². The number of Topliss-reactive ketones (excluding diaryl/α,β-unsaturated/α-hetero) is 1. The van der Waals surface area contributed by atoms with E-state index in [2.05, 4.69) is 0 Å². The molecule has 1 fully saturated rings. The third kappa shape index (κ3) is 3.66. The van der Waals surface area contributed by atoms with Crippen molar-refractivity contribution in [3.8, 4) is 17.2 Å². The van der Waals surface area contributed by atoms with Gasteiger partial charge < -0.3 is 23.7 Å². The summed E-state index contributed by atoms with van der Waals surface area (Å²) < 4.78 is 25.7. The number of cyclic esters (lactones) is 2. The summed E-state index contributed by atoms with van der Waals surface area (Å²) in [6.07, 6.45) is 2.56. The highest BCUT2D eigenvalue weighted by atomic mass is 16.6. The third-order valence-corrected chi connectivity index (χ3v) is 5.72. The van der Waals surface area contributed by atoms with Crippen molar-refractivity contribution in [2.24, 2.45) is 11.8 Å². The molecule has 4 aliphatic rings. The molecule has 0 aromatic heterocycles. The van der Waals surface area contributed by atoms with Crippen LogP contribution < -0.4 is 14.2 Å². The quantitative estimate of drug-likeness (QED) is 0.256. The Kier molecular flexibility index (Phi) is 5.54. The summed E-state index contributed by atoms with van der Waals surface area (Å²) in [5.41, 5.74) is -2.70. The minimum atomic E-state index is -2.31. The lowest BCUT2D eigenvalue weighted by molar-refractivity contribution is -0.160. The Morgan fingerprint density at radius 2 is 1.43 bits per heavy atom. The number of ketones is 1. The van der Waals surface area contributed by atoms with Crippen molar-refractivity contribution < 1.29 is 57.2 Å². The van der Waals surface area contributed by atoms with E-state index in [1.165, 1.54) is 12.2 Å². The number of rotatable bonds is 4. The Bertz CT molecular complexity index is 1270. The van der Waals surface area contributed by atoms with Crippen LogP contribution in [0.3, 0.4) is 0 Å². The zero-order valence-electron chi connectivity index (χ0n) is 18.9. The largest absolute Gasteiger partial charge is 0.446 e. The molecule has 12 heteroatoms. The van der Waals surface area contributed by atoms with E-state index in [1.807, 2.05) is 0 Å². The zero-order valence-corrected chi connectivity index (χ0v) is 18.9. The highest BCUT2D eigenvalue weighted by Crippen LogP contribution is 2.57. The molecule has 35 heavy (non-hydrogen) atoms. The topological polar surface area (TPSA) is 166 Å². The monoisotopic (exact) mass is 486 g/mol. The number of allylic oxidation sites excluding steroid dienone is 1. The van der Waals surface area contributed by atoms with Crippen LogP contribution in [-0.4, -0.2) is 47.2 Å². The molecule has 4 unspecified atom stereocenters. The molecule has 4 atom stereocenters. The zero-order chi connectivity index (χ0) is 25.8. The van der Waals surface area contributed by atoms with Gasteiger partial charge in [-0.25, -0.2) is 0 Å². The predicted octanol–water partition coefficient (Wildman–Crippen LogP) is 0.930. The molecule has 0 N–H and O–H groups in total. The van der Waals surface area contributed by atoms with Crippen LogP contribution in [0.15, 0.2) is 18.2 Å². The fourth-order valence-corrected chi connectivity index (χ4v) is 4.71. The normalized spacial score (nSPS) is 25.7. The minimum Gasteiger partial charge on any atom is -0.446 e. The molecular weight excluding hydrogens is 468 g/mol. The van der Waals surface area contributed by atoms with Crippen molar-refractivity contribution in [1.82, 2.24) is 0 Å². The number of hydrogen-bond acceptors (Lipinski definition) is 12. The van der Waals surface area contributed by atoms with E-state index in [0.717, 1.165) is 33.8 Å². The van der Waals surface area contributed by atoms with Gasteiger partial charge in [-0.3, -0.25) is 33.6 Å². The van der Waals surface area contributed by atoms with Gasteiger partial charge in [-0.2, -0.15) is 0 Å². The molecule has 1 aromatic carbocycles. The summed E-state index contributed by atoms with van der Waals surface area (Å²) >= 11 is 0. The Labute approximate surface area is 197 Å². The van der Waals surface area contributed by atoms with Gasteiger partial charge in [-0.1, -0.05) is 6.08 Å². The van der Waals surface area contributed by atoms with Gasteiger partial charge in [0, 0.05) is 33.6 Å². The number of benzene rings is 1. The second-order valence-electron chi connectivity index (χ2n) is 8.12. The first kappa shape index (κ1) is 23.8. The van der Waals surface area contributed by atoms with Crippen molar-refractivity contribution in [3.05, 3.63) is 29.3 Å². The fraction of sp³-hybridized carbons (Fsp3) is 0.348. The van der Waals surface area contributed by atoms with Crippen molar-refractivity contribution >= 4 is 41.6 Å². The van der Waals surface area contributed by atoms with Gasteiger partial charge in [0.2, 0.25) is 17.1 Å². The van der Waals surface area contributed by atoms with Crippen molar-refractivity contribution in [1.29, 1.82) is 0 Å². The second-order valence-corrected chi connectivity index (χ2v) is 8.12. The lowest BCUT2D eigenvalue weighted by atomic mass is 9.69. The SMILES string of the molecule is CC(=O)Oc1cc2c(c(OC(C)=O)c1OC(C)=O)C(=O)C1(OC(C)=O)C=CC2C2C(=O)OC(=O)C21. The number of hydrogen-bond donors (Lipinski definition) is 0. The molecule has 12 nitrogen and oxygen atoms in total. The molecule has 2 bridgehead atoms. The highest BCUT2D eigenvalue weighted by Gasteiger charge is 2.67. The first-order valence-corrected chi connectivity index (χ1v) is 10.3. The minimum absolute atomic E-state index is 0.00262. The van der Waals surface area contributed by atoms with Crippen molar-refractivity contribution in [2.75, 3.05) is 0 Å². The average molecular weight is 486 g/mol. The van der Waals surface area contributed by atoms with Gasteiger partial charge in [0.25, 0.3) is 0 Å². The maximum absolute atomic E-state index is 14.0. The van der Waals surface area contributed by atoms with Crippen LogP contribution >= 0.6 is 0 Å². The molecule has 0 radical (unpaired) electrons. The molecular formula is C23H18O12. The Morgan fingerprint density at radius 3 is 2.00 bits per heavy atom. The summed E-state index contributed by atoms with van der Waals surface area (Å²) in [4.78, 5) is 87.0. The van der Waals surface area contributed by atoms with Gasteiger partial charge in [0.1, 0.15) is 5.92 Å². The van der Waals surface area contributed by atoms with E-state index in [4.69, 9.17) is 23.7 Å². The molecule has 1 heterocycles. The smallest absolute Gasteiger partial charge is 0.322 e. The van der Waals surface area contributed by atoms with E-state index in [0.29, 0.717) is 0 Å². The van der Waals surface area contributed by atoms with Crippen LogP contribution in [0, 0.1) is 11.8 Å². The third-order valence-electron chi connectivity index (χ3n) is 5.72. The van der Waals surface area contributed by atoms with Gasteiger partial charge in [0.15, 0.2) is 11.5 Å². The number of esters is 6. The fourth-order valence-electron chi connectivity index (χ4n) is 4.71. The van der Waals surface area contributed by atoms with Gasteiger partial charge in [0.05, 0.1) is 11.5 Å². The Balaban J connectivity index is 2.12. The Morgan fingerprint density at radius 1 is 0.829 bits per heavy atom. The van der Waals surface area contributed by atoms with Gasteiger partial charge in [-0.05, 0) is 17.7 Å². The van der Waals surface area contributed by atoms with E-state index < -0.39 is 82.0 Å². The lowest BCUT2D eigenvalue weighted by Gasteiger charge is -2.36. The molecule has 1 aliphatic heterocycles. The molecule has 182 valence electrons. The van der Waals surface area contributed by atoms with Crippen molar-refractivity contribution in [3.63, 3.8) is 0 Å². The second kappa shape index (κ2) is 8.15. The molecule has 1 saturated heterocycles. The van der Waals surface area contributed by atoms with Crippen LogP contribution in [0.25, 0.3) is 0 Å². The molecule has 5 rings (SSSR count). The summed E-state index contributed by atoms with van der Waals surface area (Å²) in [6.45, 7) is 4.09. The summed E-state index contributed by atoms with van der Waals surface area (Å²) in [5.74, 6) is -12.1. The Hall–Kier alpha value is -4.35. The maximum atomic E-state index is 14.0. The van der Waals surface area contributed by atoms with E-state index >= 15 is 0 Å². The standard InChI is InChI=1S/C23H18O12/c1-8(24)31-14-7-13-12-5-6-23(35-11(4)27,17-15(12)21(29)34-22(17)30)20(28)16(13)19(33-10(3)26)18(14)32-9(2)25/h5-7,12,15,17H,1-4H3. The lowest BCUT2D eigenvalue weighted by Crippen LogP contribution is -2.53. The van der Waals surface area contributed by atoms with E-state index in [1.54, 1.807) is 0 Å². The molecule has 0 amide bonds. The molecule has 0 saturated carbocycles. The number of carbonyl (C=O) groups is 7. The molecule has 0 spiro atoms. The van der Waals surface area contributed by atoms with Gasteiger partial charge >= 0.3 is 35.8 Å². The van der Waals surface area contributed by atoms with Crippen LogP contribution in [-0.2, 0) is 38.2 Å². The van der Waals surface area contributed by atoms with Crippen LogP contribution in [0.1, 0.15) is 49.5 Å². The first-order valence-electron chi connectivity index (χ1n) is 10.3. The first-order chi connectivity index (χ1) is 16.4. The van der Waals surface area contributed by atoms with Crippen LogP contribution in [0.5, 0.6) is 17.2 Å². The van der Waals surface area contributed by atoms with Crippen molar-refractivity contribution in [2.45, 2.75) is 39.2 Å². The predicted molar refractivity (Wildman–Crippen MR) is 109 cm³/mol. The average Bonchev–Trinajstić information content (AvgIpc) is 2.93. The van der Waals surface area contributed by atoms with Crippen LogP contribution in [0.4, 0.5) is 0 Å². The number of ether oxygens (including phenoxy) is 5. The highest BCUT2D eigenvalue weighted by molar-refractivity contribution is 6.15. The van der Waals surface area contributed by atoms with E-state index in [-0.39, 0.29) is 11.3 Å². The molecule has 1 aromatic rings. The molecule has 3 aliphatic carbocycles.